The van der Waals surface area contributed by atoms with Crippen molar-refractivity contribution in [2.24, 2.45) is 0 Å². The monoisotopic (exact) mass is 280 g/mol. The Kier molecular flexibility index (Phi) is 6.14. The lowest BCUT2D eigenvalue weighted by Gasteiger charge is -2.15. The summed E-state index contributed by atoms with van der Waals surface area (Å²) in [6.45, 7) is 3.71. The molecule has 1 atom stereocenters. The fourth-order valence-corrected chi connectivity index (χ4v) is 1.87. The van der Waals surface area contributed by atoms with E-state index >= 15 is 0 Å². The minimum Gasteiger partial charge on any atom is -0.480 e. The van der Waals surface area contributed by atoms with Crippen LogP contribution in [0.4, 0.5) is 5.69 Å². The maximum atomic E-state index is 11.9. The molecule has 0 saturated heterocycles. The van der Waals surface area contributed by atoms with Crippen molar-refractivity contribution in [3.63, 3.8) is 0 Å². The number of carboxylic acids is 1. The number of nitrogens with one attached hydrogen (secondary N) is 2. The fraction of sp³-hybridized carbons (Fsp3) is 0.429. The quantitative estimate of drug-likeness (QED) is 0.588. The van der Waals surface area contributed by atoms with Crippen molar-refractivity contribution < 1.29 is 19.8 Å². The first kappa shape index (κ1) is 16.1. The van der Waals surface area contributed by atoms with Gasteiger partial charge in [0.1, 0.15) is 6.04 Å². The number of aryl methyl sites for hydroxylation is 2. The lowest BCUT2D eigenvalue weighted by Crippen LogP contribution is -2.41. The highest BCUT2D eigenvalue weighted by molar-refractivity contribution is 5.95. The Balaban J connectivity index is 2.68. The van der Waals surface area contributed by atoms with Crippen LogP contribution in [0, 0.1) is 13.8 Å². The zero-order valence-corrected chi connectivity index (χ0v) is 11.6. The van der Waals surface area contributed by atoms with Crippen molar-refractivity contribution in [2.45, 2.75) is 26.3 Å². The predicted octanol–water partition coefficient (Wildman–Crippen LogP) is 0.667. The van der Waals surface area contributed by atoms with E-state index in [-0.39, 0.29) is 25.5 Å². The van der Waals surface area contributed by atoms with Gasteiger partial charge in [-0.15, -0.1) is 0 Å². The average molecular weight is 280 g/mol. The van der Waals surface area contributed by atoms with Gasteiger partial charge in [-0.3, -0.25) is 9.59 Å². The van der Waals surface area contributed by atoms with Crippen molar-refractivity contribution in [3.8, 4) is 0 Å². The van der Waals surface area contributed by atoms with Crippen LogP contribution in [0.2, 0.25) is 0 Å². The Morgan fingerprint density at radius 1 is 1.25 bits per heavy atom. The van der Waals surface area contributed by atoms with Crippen molar-refractivity contribution in [1.82, 2.24) is 5.32 Å². The number of rotatable bonds is 7. The van der Waals surface area contributed by atoms with Gasteiger partial charge >= 0.3 is 5.97 Å². The molecule has 110 valence electrons. The van der Waals surface area contributed by atoms with Crippen LogP contribution >= 0.6 is 0 Å². The van der Waals surface area contributed by atoms with Gasteiger partial charge in [0.15, 0.2) is 0 Å². The van der Waals surface area contributed by atoms with E-state index in [9.17, 15) is 9.59 Å². The van der Waals surface area contributed by atoms with Crippen LogP contribution in [0.25, 0.3) is 0 Å². The van der Waals surface area contributed by atoms with Crippen LogP contribution in [0.3, 0.4) is 0 Å². The number of aliphatic hydroxyl groups is 1. The van der Waals surface area contributed by atoms with E-state index in [0.717, 1.165) is 11.1 Å². The minimum absolute atomic E-state index is 0.133. The summed E-state index contributed by atoms with van der Waals surface area (Å²) >= 11 is 0. The molecule has 0 saturated carbocycles. The van der Waals surface area contributed by atoms with E-state index in [0.29, 0.717) is 5.69 Å². The SMILES string of the molecule is Cc1cccc(C)c1NC(=O)C[C@H](NCCO)C(=O)O. The molecule has 1 aromatic rings. The molecule has 0 bridgehead atoms. The maximum absolute atomic E-state index is 11.9. The normalized spacial score (nSPS) is 11.9. The smallest absolute Gasteiger partial charge is 0.321 e. The van der Waals surface area contributed by atoms with Crippen LogP contribution in [-0.4, -0.2) is 41.3 Å². The molecule has 6 heteroatoms. The number of carboxylic acid groups (broad SMARTS) is 1. The lowest BCUT2D eigenvalue weighted by atomic mass is 10.1. The second-order valence-corrected chi connectivity index (χ2v) is 4.59. The number of hydrogen-bond donors (Lipinski definition) is 4. The third-order valence-electron chi connectivity index (χ3n) is 2.94. The van der Waals surface area contributed by atoms with Crippen LogP contribution in [0.5, 0.6) is 0 Å². The highest BCUT2D eigenvalue weighted by atomic mass is 16.4. The second kappa shape index (κ2) is 7.62. The first-order valence-corrected chi connectivity index (χ1v) is 6.38. The zero-order valence-electron chi connectivity index (χ0n) is 11.6. The van der Waals surface area contributed by atoms with Gasteiger partial charge in [0.2, 0.25) is 5.91 Å². The van der Waals surface area contributed by atoms with E-state index < -0.39 is 12.0 Å². The van der Waals surface area contributed by atoms with Crippen molar-refractivity contribution in [1.29, 1.82) is 0 Å². The van der Waals surface area contributed by atoms with Gasteiger partial charge < -0.3 is 20.8 Å². The molecule has 0 aliphatic rings. The Morgan fingerprint density at radius 3 is 2.35 bits per heavy atom. The molecule has 6 nitrogen and oxygen atoms in total. The van der Waals surface area contributed by atoms with E-state index in [2.05, 4.69) is 10.6 Å². The summed E-state index contributed by atoms with van der Waals surface area (Å²) in [5.74, 6) is -1.49. The van der Waals surface area contributed by atoms with E-state index in [4.69, 9.17) is 10.2 Å². The maximum Gasteiger partial charge on any atom is 0.321 e. The van der Waals surface area contributed by atoms with Crippen molar-refractivity contribution in [2.75, 3.05) is 18.5 Å². The number of anilines is 1. The topological polar surface area (TPSA) is 98.7 Å². The Hall–Kier alpha value is -1.92. The van der Waals surface area contributed by atoms with Crippen LogP contribution < -0.4 is 10.6 Å². The Labute approximate surface area is 117 Å². The molecular formula is C14H20N2O4. The van der Waals surface area contributed by atoms with Gasteiger partial charge in [-0.2, -0.15) is 0 Å². The summed E-state index contributed by atoms with van der Waals surface area (Å²) in [7, 11) is 0. The summed E-state index contributed by atoms with van der Waals surface area (Å²) < 4.78 is 0. The predicted molar refractivity (Wildman–Crippen MR) is 75.7 cm³/mol. The lowest BCUT2D eigenvalue weighted by molar-refractivity contribution is -0.141. The first-order valence-electron chi connectivity index (χ1n) is 6.38. The molecule has 1 aromatic carbocycles. The largest absolute Gasteiger partial charge is 0.480 e. The summed E-state index contributed by atoms with van der Waals surface area (Å²) in [6.07, 6.45) is -0.191. The minimum atomic E-state index is -1.12. The molecule has 4 N–H and O–H groups in total. The molecule has 0 radical (unpaired) electrons. The van der Waals surface area contributed by atoms with Crippen LogP contribution in [-0.2, 0) is 9.59 Å². The van der Waals surface area contributed by atoms with Gasteiger partial charge in [-0.05, 0) is 25.0 Å². The summed E-state index contributed by atoms with van der Waals surface area (Å²) in [5.41, 5.74) is 2.56. The molecule has 0 aliphatic heterocycles. The first-order chi connectivity index (χ1) is 9.45. The third-order valence-corrected chi connectivity index (χ3v) is 2.94. The number of amides is 1. The summed E-state index contributed by atoms with van der Waals surface area (Å²) in [4.78, 5) is 22.9. The second-order valence-electron chi connectivity index (χ2n) is 4.59. The number of benzene rings is 1. The number of hydrogen-bond acceptors (Lipinski definition) is 4. The molecular weight excluding hydrogens is 260 g/mol. The van der Waals surface area contributed by atoms with Crippen molar-refractivity contribution in [3.05, 3.63) is 29.3 Å². The molecule has 1 amide bonds. The highest BCUT2D eigenvalue weighted by Crippen LogP contribution is 2.19. The fourth-order valence-electron chi connectivity index (χ4n) is 1.87. The standard InChI is InChI=1S/C14H20N2O4/c1-9-4-3-5-10(2)13(9)16-12(18)8-11(14(19)20)15-6-7-17/h3-5,11,15,17H,6-8H2,1-2H3,(H,16,18)(H,19,20)/t11-/m0/s1. The van der Waals surface area contributed by atoms with Crippen LogP contribution in [0.15, 0.2) is 18.2 Å². The van der Waals surface area contributed by atoms with E-state index in [1.54, 1.807) is 0 Å². The Bertz CT molecular complexity index is 468. The van der Waals surface area contributed by atoms with E-state index in [1.165, 1.54) is 0 Å². The third kappa shape index (κ3) is 4.64. The van der Waals surface area contributed by atoms with E-state index in [1.807, 2.05) is 32.0 Å². The van der Waals surface area contributed by atoms with Gasteiger partial charge in [-0.25, -0.2) is 0 Å². The number of aliphatic hydroxyl groups excluding tert-OH is 1. The molecule has 0 aliphatic carbocycles. The molecule has 0 unspecified atom stereocenters. The Morgan fingerprint density at radius 2 is 1.85 bits per heavy atom. The molecule has 0 heterocycles. The molecule has 0 spiro atoms. The average Bonchev–Trinajstić information content (AvgIpc) is 2.38. The highest BCUT2D eigenvalue weighted by Gasteiger charge is 2.20. The summed E-state index contributed by atoms with van der Waals surface area (Å²) in [5, 5.41) is 23.0. The number of para-hydroxylation sites is 1. The molecule has 20 heavy (non-hydrogen) atoms. The summed E-state index contributed by atoms with van der Waals surface area (Å²) in [6, 6.07) is 4.64. The molecule has 1 rings (SSSR count). The number of aliphatic carboxylic acids is 1. The van der Waals surface area contributed by atoms with Gasteiger partial charge in [0.05, 0.1) is 13.0 Å². The number of carbonyl (C=O) groups is 2. The molecule has 0 fully saturated rings. The van der Waals surface area contributed by atoms with Crippen molar-refractivity contribution >= 4 is 17.6 Å². The van der Waals surface area contributed by atoms with Gasteiger partial charge in [0, 0.05) is 12.2 Å². The zero-order chi connectivity index (χ0) is 15.1. The molecule has 0 aromatic heterocycles. The van der Waals surface area contributed by atoms with Gasteiger partial charge in [0.25, 0.3) is 0 Å². The number of carbonyl (C=O) groups excluding carboxylic acids is 1. The van der Waals surface area contributed by atoms with Crippen LogP contribution in [0.1, 0.15) is 17.5 Å². The van der Waals surface area contributed by atoms with Gasteiger partial charge in [-0.1, -0.05) is 18.2 Å².